The van der Waals surface area contributed by atoms with Crippen molar-refractivity contribution in [3.63, 3.8) is 0 Å². The van der Waals surface area contributed by atoms with Gasteiger partial charge in [0, 0.05) is 12.4 Å². The van der Waals surface area contributed by atoms with Crippen LogP contribution < -0.4 is 0 Å². The summed E-state index contributed by atoms with van der Waals surface area (Å²) >= 11 is 0. The molecule has 0 bridgehead atoms. The average molecular weight is 116 g/mol. The number of aromatic nitrogens is 1. The number of benzene rings is 1. The van der Waals surface area contributed by atoms with Crippen LogP contribution in [0, 0.1) is 6.07 Å². The van der Waals surface area contributed by atoms with E-state index in [0.717, 1.165) is 0 Å². The first-order valence-electron chi connectivity index (χ1n) is 2.89. The van der Waals surface area contributed by atoms with Crippen LogP contribution in [-0.4, -0.2) is 4.98 Å². The molecule has 0 aliphatic rings. The molecular formula is C8H6N. The molecule has 0 unspecified atom stereocenters. The Morgan fingerprint density at radius 2 is 2.11 bits per heavy atom. The molecule has 0 atom stereocenters. The van der Waals surface area contributed by atoms with Crippen LogP contribution in [0.4, 0.5) is 0 Å². The molecule has 1 heterocycles. The number of H-pyrrole nitrogens is 1. The van der Waals surface area contributed by atoms with Crippen molar-refractivity contribution in [2.45, 2.75) is 0 Å². The van der Waals surface area contributed by atoms with E-state index in [9.17, 15) is 0 Å². The number of hydrogen-bond donors (Lipinski definition) is 1. The first-order chi connectivity index (χ1) is 4.47. The molecular weight excluding hydrogens is 110 g/mol. The highest BCUT2D eigenvalue weighted by atomic mass is 14.6. The predicted octanol–water partition coefficient (Wildman–Crippen LogP) is 1.97. The van der Waals surface area contributed by atoms with E-state index in [1.54, 1.807) is 0 Å². The van der Waals surface area contributed by atoms with Gasteiger partial charge >= 0.3 is 0 Å². The normalized spacial score (nSPS) is 10.2. The minimum absolute atomic E-state index is 1.22. The first kappa shape index (κ1) is 4.62. The molecule has 1 aromatic heterocycles. The second-order valence-corrected chi connectivity index (χ2v) is 2.01. The van der Waals surface area contributed by atoms with E-state index >= 15 is 0 Å². The van der Waals surface area contributed by atoms with E-state index in [4.69, 9.17) is 0 Å². The molecule has 2 rings (SSSR count). The Morgan fingerprint density at radius 1 is 1.22 bits per heavy atom. The Labute approximate surface area is 53.3 Å². The van der Waals surface area contributed by atoms with Crippen molar-refractivity contribution in [1.29, 1.82) is 0 Å². The minimum Gasteiger partial charge on any atom is -0.366 e. The van der Waals surface area contributed by atoms with Gasteiger partial charge in [0.1, 0.15) is 0 Å². The molecule has 9 heavy (non-hydrogen) atoms. The van der Waals surface area contributed by atoms with Crippen LogP contribution in [0.2, 0.25) is 0 Å². The molecule has 0 aliphatic carbocycles. The predicted molar refractivity (Wildman–Crippen MR) is 37.1 cm³/mol. The van der Waals surface area contributed by atoms with Crippen molar-refractivity contribution < 1.29 is 0 Å². The Bertz CT molecular complexity index is 279. The standard InChI is InChI=1S/C8H6N/c1-2-4-8-6-9-5-7(8)3-1/h1,3-6,9H. The summed E-state index contributed by atoms with van der Waals surface area (Å²) in [6, 6.07) is 8.91. The van der Waals surface area contributed by atoms with Gasteiger partial charge < -0.3 is 4.98 Å². The fourth-order valence-corrected chi connectivity index (χ4v) is 0.933. The van der Waals surface area contributed by atoms with Crippen LogP contribution in [0.5, 0.6) is 0 Å². The van der Waals surface area contributed by atoms with E-state index < -0.39 is 0 Å². The Hall–Kier alpha value is -1.24. The van der Waals surface area contributed by atoms with Gasteiger partial charge in [-0.25, -0.2) is 0 Å². The van der Waals surface area contributed by atoms with Crippen molar-refractivity contribution in [2.75, 3.05) is 0 Å². The SMILES string of the molecule is [c]1ccc2c[nH]cc2c1. The van der Waals surface area contributed by atoms with Gasteiger partial charge in [0.05, 0.1) is 0 Å². The Morgan fingerprint density at radius 3 is 3.00 bits per heavy atom. The van der Waals surface area contributed by atoms with Crippen molar-refractivity contribution in [3.05, 3.63) is 36.7 Å². The van der Waals surface area contributed by atoms with Crippen LogP contribution in [0.1, 0.15) is 0 Å². The van der Waals surface area contributed by atoms with E-state index in [1.807, 2.05) is 30.6 Å². The summed E-state index contributed by atoms with van der Waals surface area (Å²) in [5.41, 5.74) is 0. The van der Waals surface area contributed by atoms with Gasteiger partial charge in [0.25, 0.3) is 0 Å². The lowest BCUT2D eigenvalue weighted by atomic mass is 10.2. The summed E-state index contributed by atoms with van der Waals surface area (Å²) in [6.07, 6.45) is 3.94. The minimum atomic E-state index is 1.22. The molecule has 0 spiro atoms. The highest BCUT2D eigenvalue weighted by Crippen LogP contribution is 2.09. The summed E-state index contributed by atoms with van der Waals surface area (Å²) in [5.74, 6) is 0. The zero-order chi connectivity index (χ0) is 6.10. The van der Waals surface area contributed by atoms with E-state index in [-0.39, 0.29) is 0 Å². The van der Waals surface area contributed by atoms with Crippen LogP contribution in [0.3, 0.4) is 0 Å². The Kier molecular flexibility index (Phi) is 0.833. The smallest absolute Gasteiger partial charge is 0.00845 e. The third kappa shape index (κ3) is 0.617. The first-order valence-corrected chi connectivity index (χ1v) is 2.89. The molecule has 43 valence electrons. The lowest BCUT2D eigenvalue weighted by Gasteiger charge is -1.81. The van der Waals surface area contributed by atoms with Gasteiger partial charge in [-0.15, -0.1) is 0 Å². The maximum Gasteiger partial charge on any atom is 0.00845 e. The van der Waals surface area contributed by atoms with E-state index in [2.05, 4.69) is 11.1 Å². The summed E-state index contributed by atoms with van der Waals surface area (Å²) < 4.78 is 0. The van der Waals surface area contributed by atoms with Crippen LogP contribution >= 0.6 is 0 Å². The summed E-state index contributed by atoms with van der Waals surface area (Å²) in [4.78, 5) is 3.02. The van der Waals surface area contributed by atoms with E-state index in [1.165, 1.54) is 10.8 Å². The molecule has 1 radical (unpaired) electrons. The largest absolute Gasteiger partial charge is 0.366 e. The number of rotatable bonds is 0. The molecule has 0 saturated carbocycles. The lowest BCUT2D eigenvalue weighted by molar-refractivity contribution is 1.43. The van der Waals surface area contributed by atoms with Crippen molar-refractivity contribution in [2.24, 2.45) is 0 Å². The number of fused-ring (bicyclic) bond motifs is 1. The van der Waals surface area contributed by atoms with Gasteiger partial charge in [0.2, 0.25) is 0 Å². The summed E-state index contributed by atoms with van der Waals surface area (Å²) in [7, 11) is 0. The van der Waals surface area contributed by atoms with Crippen molar-refractivity contribution in [1.82, 2.24) is 4.98 Å². The molecule has 1 nitrogen and oxygen atoms in total. The molecule has 0 fully saturated rings. The molecule has 1 heteroatoms. The molecule has 0 aliphatic heterocycles. The average Bonchev–Trinajstić information content (AvgIpc) is 2.33. The fraction of sp³-hybridized carbons (Fsp3) is 0. The monoisotopic (exact) mass is 116 g/mol. The second kappa shape index (κ2) is 1.62. The quantitative estimate of drug-likeness (QED) is 0.541. The third-order valence-corrected chi connectivity index (χ3v) is 1.41. The molecule has 1 aromatic carbocycles. The molecule has 0 saturated heterocycles. The topological polar surface area (TPSA) is 15.8 Å². The van der Waals surface area contributed by atoms with Gasteiger partial charge in [-0.1, -0.05) is 12.1 Å². The molecule has 1 N–H and O–H groups in total. The lowest BCUT2D eigenvalue weighted by Crippen LogP contribution is -1.58. The number of nitrogens with one attached hydrogen (secondary N) is 1. The zero-order valence-corrected chi connectivity index (χ0v) is 4.89. The summed E-state index contributed by atoms with van der Waals surface area (Å²) in [5, 5.41) is 2.46. The summed E-state index contributed by atoms with van der Waals surface area (Å²) in [6.45, 7) is 0. The maximum absolute atomic E-state index is 3.02. The highest BCUT2D eigenvalue weighted by molar-refractivity contribution is 5.81. The maximum atomic E-state index is 3.02. The highest BCUT2D eigenvalue weighted by Gasteiger charge is 1.87. The number of aromatic amines is 1. The van der Waals surface area contributed by atoms with Crippen LogP contribution in [0.25, 0.3) is 10.8 Å². The van der Waals surface area contributed by atoms with Crippen LogP contribution in [0.15, 0.2) is 30.6 Å². The zero-order valence-electron chi connectivity index (χ0n) is 4.89. The van der Waals surface area contributed by atoms with Gasteiger partial charge in [-0.05, 0) is 22.9 Å². The van der Waals surface area contributed by atoms with Crippen molar-refractivity contribution in [3.8, 4) is 0 Å². The Balaban J connectivity index is 2.95. The number of hydrogen-bond acceptors (Lipinski definition) is 0. The van der Waals surface area contributed by atoms with Crippen LogP contribution in [-0.2, 0) is 0 Å². The fourth-order valence-electron chi connectivity index (χ4n) is 0.933. The van der Waals surface area contributed by atoms with Gasteiger partial charge in [0.15, 0.2) is 0 Å². The van der Waals surface area contributed by atoms with Gasteiger partial charge in [-0.3, -0.25) is 0 Å². The van der Waals surface area contributed by atoms with Gasteiger partial charge in [-0.2, -0.15) is 0 Å². The molecule has 2 aromatic rings. The molecule has 0 amide bonds. The third-order valence-electron chi connectivity index (χ3n) is 1.41. The van der Waals surface area contributed by atoms with Crippen molar-refractivity contribution >= 4 is 10.8 Å². The second-order valence-electron chi connectivity index (χ2n) is 2.01. The van der Waals surface area contributed by atoms with E-state index in [0.29, 0.717) is 0 Å².